The van der Waals surface area contributed by atoms with Crippen molar-refractivity contribution in [3.63, 3.8) is 0 Å². The van der Waals surface area contributed by atoms with Gasteiger partial charge in [0.25, 0.3) is 0 Å². The molecule has 0 spiro atoms. The third kappa shape index (κ3) is 4.15. The number of likely N-dealkylation sites (tertiary alicyclic amines) is 1. The van der Waals surface area contributed by atoms with Crippen molar-refractivity contribution in [3.8, 4) is 17.2 Å². The number of piperidine rings is 1. The quantitative estimate of drug-likeness (QED) is 0.492. The monoisotopic (exact) mass is 535 g/mol. The molecule has 0 N–H and O–H groups in total. The molecule has 1 amide bonds. The lowest BCUT2D eigenvalue weighted by Gasteiger charge is -2.33. The lowest BCUT2D eigenvalue weighted by atomic mass is 9.89. The number of aromatic nitrogens is 4. The van der Waals surface area contributed by atoms with Gasteiger partial charge in [-0.3, -0.25) is 4.52 Å². The van der Waals surface area contributed by atoms with Crippen molar-refractivity contribution in [3.05, 3.63) is 44.7 Å². The molecule has 1 aliphatic carbocycles. The molecule has 2 bridgehead atoms. The molecule has 3 atom stereocenters. The van der Waals surface area contributed by atoms with Crippen LogP contribution in [-0.4, -0.2) is 49.2 Å². The van der Waals surface area contributed by atoms with E-state index in [0.717, 1.165) is 12.8 Å². The second-order valence-corrected chi connectivity index (χ2v) is 10.6. The average molecular weight is 536 g/mol. The predicted molar refractivity (Wildman–Crippen MR) is 120 cm³/mol. The van der Waals surface area contributed by atoms with Crippen molar-refractivity contribution >= 4 is 22.0 Å². The van der Waals surface area contributed by atoms with E-state index in [1.807, 2.05) is 25.7 Å². The highest BCUT2D eigenvalue weighted by molar-refractivity contribution is 9.10. The predicted octanol–water partition coefficient (Wildman–Crippen LogP) is 3.97. The van der Waals surface area contributed by atoms with Crippen LogP contribution in [0, 0.1) is 17.7 Å². The molecule has 2 aliphatic rings. The van der Waals surface area contributed by atoms with Crippen molar-refractivity contribution in [2.45, 2.75) is 51.7 Å². The number of hydrogen-bond donors (Lipinski definition) is 0. The van der Waals surface area contributed by atoms with Crippen LogP contribution in [-0.2, 0) is 11.2 Å². The van der Waals surface area contributed by atoms with Gasteiger partial charge in [-0.15, -0.1) is 0 Å². The highest BCUT2D eigenvalue weighted by Crippen LogP contribution is 2.44. The molecule has 3 unspecified atom stereocenters. The van der Waals surface area contributed by atoms with Crippen LogP contribution in [0.5, 0.6) is 0 Å². The van der Waals surface area contributed by atoms with Gasteiger partial charge in [0.1, 0.15) is 17.1 Å². The van der Waals surface area contributed by atoms with Crippen molar-refractivity contribution in [2.75, 3.05) is 6.54 Å². The van der Waals surface area contributed by atoms with Gasteiger partial charge in [0, 0.05) is 12.6 Å². The first kappa shape index (κ1) is 22.8. The van der Waals surface area contributed by atoms with E-state index >= 15 is 0 Å². The molecule has 1 saturated heterocycles. The Labute approximate surface area is 202 Å². The minimum Gasteiger partial charge on any atom is -0.444 e. The largest absolute Gasteiger partial charge is 0.446 e. The molecule has 2 fully saturated rings. The Morgan fingerprint density at radius 3 is 2.74 bits per heavy atom. The summed E-state index contributed by atoms with van der Waals surface area (Å²) in [5.74, 6) is -0.514. The molecule has 10 nitrogen and oxygen atoms in total. The number of fused-ring (bicyclic) bond motifs is 2. The second kappa shape index (κ2) is 8.33. The number of rotatable bonds is 4. The lowest BCUT2D eigenvalue weighted by Crippen LogP contribution is -2.43. The van der Waals surface area contributed by atoms with Crippen LogP contribution in [0.3, 0.4) is 0 Å². The van der Waals surface area contributed by atoms with Crippen molar-refractivity contribution in [1.82, 2.24) is 24.9 Å². The Hall–Kier alpha value is -3.02. The summed E-state index contributed by atoms with van der Waals surface area (Å²) in [5, 5.41) is 11.9. The molecular weight excluding hydrogens is 513 g/mol. The van der Waals surface area contributed by atoms with E-state index in [2.05, 4.69) is 31.4 Å². The number of carbonyl (C=O) groups is 1. The first-order chi connectivity index (χ1) is 16.1. The van der Waals surface area contributed by atoms with Crippen molar-refractivity contribution < 1.29 is 23.1 Å². The van der Waals surface area contributed by atoms with Crippen LogP contribution < -0.4 is 5.76 Å². The third-order valence-electron chi connectivity index (χ3n) is 6.31. The summed E-state index contributed by atoms with van der Waals surface area (Å²) >= 11 is 3.13. The number of ether oxygens (including phenoxy) is 1. The minimum atomic E-state index is -0.740. The molecule has 12 heteroatoms. The molecule has 34 heavy (non-hydrogen) atoms. The second-order valence-electron chi connectivity index (χ2n) is 9.75. The maximum Gasteiger partial charge on any atom is 0.446 e. The van der Waals surface area contributed by atoms with E-state index in [1.54, 1.807) is 0 Å². The van der Waals surface area contributed by atoms with Crippen LogP contribution in [0.1, 0.15) is 39.3 Å². The molecule has 2 aromatic heterocycles. The van der Waals surface area contributed by atoms with Gasteiger partial charge in [0.2, 0.25) is 5.82 Å². The molecule has 1 aliphatic heterocycles. The zero-order valence-corrected chi connectivity index (χ0v) is 20.4. The molecule has 3 heterocycles. The standard InChI is InChI=1S/C22H23BrFN5O5/c1-22(2,3)32-20(30)28-10-12-7-14(28)6-11(12)8-17-18(26-34-25-17)19-27-33-21(31)29(19)13-4-5-16(24)15(23)9-13/h4-5,9,11-12,14H,6-8,10H2,1-3H3. The Balaban J connectivity index is 1.35. The SMILES string of the molecule is CC(C)(C)OC(=O)N1CC2CC1CC2Cc1nonc1-c1noc(=O)n1-c1ccc(F)c(Br)c1. The lowest BCUT2D eigenvalue weighted by molar-refractivity contribution is 0.0161. The number of hydrogen-bond acceptors (Lipinski definition) is 8. The average Bonchev–Trinajstić information content (AvgIpc) is 3.53. The molecule has 1 aromatic carbocycles. The Morgan fingerprint density at radius 1 is 1.26 bits per heavy atom. The smallest absolute Gasteiger partial charge is 0.444 e. The minimum absolute atomic E-state index is 0.120. The van der Waals surface area contributed by atoms with E-state index in [9.17, 15) is 14.0 Å². The molecular formula is C22H23BrFN5O5. The van der Waals surface area contributed by atoms with E-state index in [4.69, 9.17) is 13.9 Å². The maximum absolute atomic E-state index is 13.7. The highest BCUT2D eigenvalue weighted by Gasteiger charge is 2.48. The van der Waals surface area contributed by atoms with Crippen LogP contribution in [0.2, 0.25) is 0 Å². The Kier molecular flexibility index (Phi) is 5.58. The summed E-state index contributed by atoms with van der Waals surface area (Å²) in [6.45, 7) is 6.20. The van der Waals surface area contributed by atoms with Gasteiger partial charge in [-0.2, -0.15) is 0 Å². The Bertz CT molecular complexity index is 1300. The number of carbonyl (C=O) groups excluding carboxylic acids is 1. The summed E-state index contributed by atoms with van der Waals surface area (Å²) in [4.78, 5) is 26.7. The van der Waals surface area contributed by atoms with Crippen LogP contribution in [0.15, 0.2) is 36.6 Å². The van der Waals surface area contributed by atoms with Crippen molar-refractivity contribution in [1.29, 1.82) is 0 Å². The number of amides is 1. The van der Waals surface area contributed by atoms with Gasteiger partial charge < -0.3 is 9.64 Å². The van der Waals surface area contributed by atoms with Crippen molar-refractivity contribution in [2.24, 2.45) is 11.8 Å². The van der Waals surface area contributed by atoms with Gasteiger partial charge in [0.05, 0.1) is 10.2 Å². The summed E-state index contributed by atoms with van der Waals surface area (Å²) in [6, 6.07) is 4.24. The number of halogens is 2. The van der Waals surface area contributed by atoms with Crippen LogP contribution in [0.4, 0.5) is 9.18 Å². The molecule has 3 aromatic rings. The molecule has 5 rings (SSSR count). The zero-order valence-electron chi connectivity index (χ0n) is 18.8. The van der Waals surface area contributed by atoms with Crippen LogP contribution >= 0.6 is 15.9 Å². The summed E-state index contributed by atoms with van der Waals surface area (Å²) in [6.07, 6.45) is 1.99. The fourth-order valence-electron chi connectivity index (χ4n) is 4.86. The van der Waals surface area contributed by atoms with Gasteiger partial charge in [0.15, 0.2) is 5.69 Å². The maximum atomic E-state index is 13.7. The van der Waals surface area contributed by atoms with E-state index in [1.165, 1.54) is 22.8 Å². The molecule has 180 valence electrons. The zero-order chi connectivity index (χ0) is 24.2. The van der Waals surface area contributed by atoms with E-state index in [-0.39, 0.29) is 34.0 Å². The normalized spacial score (nSPS) is 21.9. The number of nitrogens with zero attached hydrogens (tertiary/aromatic N) is 5. The first-order valence-corrected chi connectivity index (χ1v) is 11.8. The molecule has 1 saturated carbocycles. The van der Waals surface area contributed by atoms with Gasteiger partial charge in [-0.1, -0.05) is 10.3 Å². The van der Waals surface area contributed by atoms with Crippen LogP contribution in [0.25, 0.3) is 17.2 Å². The first-order valence-electron chi connectivity index (χ1n) is 11.0. The topological polar surface area (TPSA) is 116 Å². The van der Waals surface area contributed by atoms with E-state index < -0.39 is 17.2 Å². The number of benzene rings is 1. The summed E-state index contributed by atoms with van der Waals surface area (Å²) in [7, 11) is 0. The fraction of sp³-hybridized carbons (Fsp3) is 0.500. The van der Waals surface area contributed by atoms with Gasteiger partial charge in [-0.05, 0) is 91.2 Å². The van der Waals surface area contributed by atoms with E-state index in [0.29, 0.717) is 30.3 Å². The highest BCUT2D eigenvalue weighted by atomic mass is 79.9. The fourth-order valence-corrected chi connectivity index (χ4v) is 5.23. The third-order valence-corrected chi connectivity index (χ3v) is 6.91. The Morgan fingerprint density at radius 2 is 2.06 bits per heavy atom. The summed E-state index contributed by atoms with van der Waals surface area (Å²) < 4.78 is 30.5. The molecule has 0 radical (unpaired) electrons. The van der Waals surface area contributed by atoms with Gasteiger partial charge in [-0.25, -0.2) is 23.2 Å². The summed E-state index contributed by atoms with van der Waals surface area (Å²) in [5.41, 5.74) is 0.659. The van der Waals surface area contributed by atoms with Gasteiger partial charge >= 0.3 is 11.8 Å².